The molecule has 1 aliphatic heterocycles. The molecule has 1 aliphatic rings. The van der Waals surface area contributed by atoms with Crippen molar-refractivity contribution in [2.45, 2.75) is 25.9 Å². The van der Waals surface area contributed by atoms with Crippen molar-refractivity contribution in [2.75, 3.05) is 40.2 Å². The Morgan fingerprint density at radius 1 is 1.15 bits per heavy atom. The summed E-state index contributed by atoms with van der Waals surface area (Å²) in [6, 6.07) is 2.41. The van der Waals surface area contributed by atoms with Crippen molar-refractivity contribution in [3.8, 4) is 0 Å². The Morgan fingerprint density at radius 2 is 1.79 bits per heavy atom. The Hall–Kier alpha value is -3.52. The van der Waals surface area contributed by atoms with Gasteiger partial charge in [0.15, 0.2) is 0 Å². The third kappa shape index (κ3) is 5.51. The molecule has 0 radical (unpaired) electrons. The molecule has 184 valence electrons. The second-order valence-electron chi connectivity index (χ2n) is 7.25. The van der Waals surface area contributed by atoms with E-state index in [4.69, 9.17) is 9.47 Å². The first-order chi connectivity index (χ1) is 16.1. The quantitative estimate of drug-likeness (QED) is 0.219. The van der Waals surface area contributed by atoms with Crippen molar-refractivity contribution in [1.29, 1.82) is 0 Å². The summed E-state index contributed by atoms with van der Waals surface area (Å²) in [5.74, 6) is -1.71. The first kappa shape index (κ1) is 26.7. The van der Waals surface area contributed by atoms with E-state index < -0.39 is 39.3 Å². The van der Waals surface area contributed by atoms with Crippen molar-refractivity contribution in [1.82, 2.24) is 4.90 Å². The molecule has 1 heterocycles. The van der Waals surface area contributed by atoms with Crippen LogP contribution in [0.2, 0.25) is 0 Å². The summed E-state index contributed by atoms with van der Waals surface area (Å²) >= 11 is 0.656. The summed E-state index contributed by atoms with van der Waals surface area (Å²) in [4.78, 5) is 52.8. The fourth-order valence-corrected chi connectivity index (χ4v) is 4.31. The van der Waals surface area contributed by atoms with Crippen LogP contribution in [0.4, 0.5) is 17.1 Å². The topological polar surface area (TPSA) is 167 Å². The average molecular weight is 496 g/mol. The minimum atomic E-state index is -1.07. The van der Waals surface area contributed by atoms with Crippen molar-refractivity contribution < 1.29 is 28.9 Å². The molecule has 0 aliphatic carbocycles. The van der Waals surface area contributed by atoms with Gasteiger partial charge >= 0.3 is 23.3 Å². The number of unbranched alkanes of at least 4 members (excludes halogenated alkanes) is 1. The lowest BCUT2D eigenvalue weighted by molar-refractivity contribution is -0.422. The molecular formula is C20H25N5O8S. The van der Waals surface area contributed by atoms with Gasteiger partial charge in [-0.15, -0.1) is 0 Å². The fraction of sp³-hybridized carbons (Fsp3) is 0.450. The molecular weight excluding hydrogens is 470 g/mol. The van der Waals surface area contributed by atoms with E-state index in [1.54, 1.807) is 14.1 Å². The van der Waals surface area contributed by atoms with Gasteiger partial charge in [0.1, 0.15) is 21.7 Å². The van der Waals surface area contributed by atoms with Crippen LogP contribution in [0.25, 0.3) is 0 Å². The summed E-state index contributed by atoms with van der Waals surface area (Å²) < 4.78 is 9.63. The van der Waals surface area contributed by atoms with Gasteiger partial charge < -0.3 is 14.8 Å². The number of nitrogens with zero attached hydrogens (tertiary/aromatic N) is 4. The predicted octanol–water partition coefficient (Wildman–Crippen LogP) is 2.70. The molecule has 0 amide bonds. The van der Waals surface area contributed by atoms with E-state index in [9.17, 15) is 29.8 Å². The van der Waals surface area contributed by atoms with Gasteiger partial charge in [-0.3, -0.25) is 30.1 Å². The van der Waals surface area contributed by atoms with Crippen LogP contribution in [0.1, 0.15) is 25.3 Å². The maximum absolute atomic E-state index is 12.6. The number of methoxy groups -OCH3 is 2. The Morgan fingerprint density at radius 3 is 2.29 bits per heavy atom. The Balaban J connectivity index is 2.85. The van der Waals surface area contributed by atoms with Gasteiger partial charge in [-0.05, 0) is 26.6 Å². The van der Waals surface area contributed by atoms with E-state index >= 15 is 0 Å². The molecule has 34 heavy (non-hydrogen) atoms. The molecule has 1 aromatic rings. The number of likely N-dealkylation sites (N-methyl/N-ethyl adjacent to an activating group) is 1. The molecule has 1 aromatic carbocycles. The highest BCUT2D eigenvalue weighted by molar-refractivity contribution is 8.18. The first-order valence-corrected chi connectivity index (χ1v) is 10.9. The second kappa shape index (κ2) is 11.6. The molecule has 0 spiro atoms. The summed E-state index contributed by atoms with van der Waals surface area (Å²) in [6.45, 7) is 2.41. The zero-order chi connectivity index (χ0) is 25.6. The summed E-state index contributed by atoms with van der Waals surface area (Å²) in [5, 5.41) is 26.6. The third-order valence-corrected chi connectivity index (χ3v) is 5.90. The number of aliphatic imine (C=N–C) groups is 1. The Labute approximate surface area is 199 Å². The number of carbonyl (C=O) groups is 2. The predicted molar refractivity (Wildman–Crippen MR) is 126 cm³/mol. The van der Waals surface area contributed by atoms with Crippen LogP contribution < -0.4 is 5.32 Å². The molecule has 0 fully saturated rings. The number of carbonyl (C=O) groups excluding carboxylic acids is 2. The standard InChI is InChI=1S/C20H25N5O8S/c1-6-7-10-21-11-8-9-12(24(28)29)15(25(30)31)13(11)18-22-17(23(2)3)14(19(26)32-4)16(34-18)20(27)33-5/h8-9,17,21H,6-7,10H2,1-5H3. The SMILES string of the molecule is CCCCNc1ccc([N+](=O)[O-])c([N+](=O)[O-])c1C1=NC(N(C)C)C(C(=O)OC)=C(C(=O)OC)S1. The second-order valence-corrected chi connectivity index (χ2v) is 8.25. The van der Waals surface area contributed by atoms with Gasteiger partial charge in [0.05, 0.1) is 35.3 Å². The molecule has 0 saturated heterocycles. The number of benzene rings is 1. The van der Waals surface area contributed by atoms with Gasteiger partial charge in [0.25, 0.3) is 0 Å². The maximum Gasteiger partial charge on any atom is 0.357 e. The molecule has 0 aromatic heterocycles. The van der Waals surface area contributed by atoms with Gasteiger partial charge in [-0.1, -0.05) is 25.1 Å². The van der Waals surface area contributed by atoms with Gasteiger partial charge in [-0.25, -0.2) is 9.59 Å². The zero-order valence-electron chi connectivity index (χ0n) is 19.3. The zero-order valence-corrected chi connectivity index (χ0v) is 20.1. The fourth-order valence-electron chi connectivity index (χ4n) is 3.19. The number of hydrogen-bond donors (Lipinski definition) is 1. The highest BCUT2D eigenvalue weighted by Crippen LogP contribution is 2.43. The minimum Gasteiger partial charge on any atom is -0.466 e. The van der Waals surface area contributed by atoms with Crippen LogP contribution in [0.15, 0.2) is 27.6 Å². The number of hydrogen-bond acceptors (Lipinski definition) is 12. The highest BCUT2D eigenvalue weighted by Gasteiger charge is 2.41. The van der Waals surface area contributed by atoms with Crippen LogP contribution >= 0.6 is 11.8 Å². The molecule has 14 heteroatoms. The van der Waals surface area contributed by atoms with Crippen molar-refractivity contribution in [3.05, 3.63) is 48.4 Å². The Bertz CT molecular complexity index is 1070. The third-order valence-electron chi connectivity index (χ3n) is 4.80. The number of thioether (sulfide) groups is 1. The molecule has 1 atom stereocenters. The lowest BCUT2D eigenvalue weighted by Gasteiger charge is -2.28. The monoisotopic (exact) mass is 495 g/mol. The Kier molecular flexibility index (Phi) is 9.09. The first-order valence-electron chi connectivity index (χ1n) is 10.1. The van der Waals surface area contributed by atoms with E-state index in [1.807, 2.05) is 6.92 Å². The van der Waals surface area contributed by atoms with Gasteiger partial charge in [0.2, 0.25) is 0 Å². The van der Waals surface area contributed by atoms with E-state index in [-0.39, 0.29) is 26.8 Å². The number of ether oxygens (including phenoxy) is 2. The summed E-state index contributed by atoms with van der Waals surface area (Å²) in [5.41, 5.74) is -1.53. The van der Waals surface area contributed by atoms with E-state index in [2.05, 4.69) is 10.3 Å². The summed E-state index contributed by atoms with van der Waals surface area (Å²) in [7, 11) is 5.43. The van der Waals surface area contributed by atoms with Crippen LogP contribution in [-0.2, 0) is 19.1 Å². The average Bonchev–Trinajstić information content (AvgIpc) is 2.81. The summed E-state index contributed by atoms with van der Waals surface area (Å²) in [6.07, 6.45) is 0.512. The molecule has 13 nitrogen and oxygen atoms in total. The largest absolute Gasteiger partial charge is 0.466 e. The smallest absolute Gasteiger partial charge is 0.357 e. The van der Waals surface area contributed by atoms with Gasteiger partial charge in [0, 0.05) is 12.6 Å². The van der Waals surface area contributed by atoms with Crippen LogP contribution in [0.3, 0.4) is 0 Å². The number of esters is 2. The molecule has 1 N–H and O–H groups in total. The van der Waals surface area contributed by atoms with E-state index in [0.29, 0.717) is 18.3 Å². The number of nitro groups is 2. The van der Waals surface area contributed by atoms with E-state index in [1.165, 1.54) is 11.0 Å². The molecule has 1 unspecified atom stereocenters. The van der Waals surface area contributed by atoms with Crippen LogP contribution in [-0.4, -0.2) is 72.8 Å². The van der Waals surface area contributed by atoms with Crippen molar-refractivity contribution in [2.24, 2.45) is 4.99 Å². The van der Waals surface area contributed by atoms with Gasteiger partial charge in [-0.2, -0.15) is 0 Å². The normalized spacial score (nSPS) is 15.6. The lowest BCUT2D eigenvalue weighted by Crippen LogP contribution is -2.37. The van der Waals surface area contributed by atoms with E-state index in [0.717, 1.165) is 33.1 Å². The minimum absolute atomic E-state index is 0.0545. The molecule has 2 rings (SSSR count). The lowest BCUT2D eigenvalue weighted by atomic mass is 10.1. The highest BCUT2D eigenvalue weighted by atomic mass is 32.2. The number of nitro benzene ring substituents is 2. The number of nitrogens with one attached hydrogen (secondary N) is 1. The maximum atomic E-state index is 12.6. The van der Waals surface area contributed by atoms with Crippen LogP contribution in [0, 0.1) is 20.2 Å². The number of anilines is 1. The van der Waals surface area contributed by atoms with Crippen LogP contribution in [0.5, 0.6) is 0 Å². The van der Waals surface area contributed by atoms with Crippen molar-refractivity contribution >= 4 is 45.8 Å². The molecule has 0 saturated carbocycles. The number of rotatable bonds is 10. The molecule has 0 bridgehead atoms. The van der Waals surface area contributed by atoms with Crippen molar-refractivity contribution in [3.63, 3.8) is 0 Å².